The average Bonchev–Trinajstić information content (AvgIpc) is 3.44. The van der Waals surface area contributed by atoms with Gasteiger partial charge in [-0.05, 0) is 156 Å². The number of ketones is 1. The Balaban J connectivity index is 1.23. The zero-order valence-corrected chi connectivity index (χ0v) is 39.5. The Morgan fingerprint density at radius 3 is 1.71 bits per heavy atom. The number of Topliss-reactive ketones (excluding diaryl/α,β-unsaturated/α-hetero) is 1. The Morgan fingerprint density at radius 2 is 1.17 bits per heavy atom. The molecule has 0 spiro atoms. The summed E-state index contributed by atoms with van der Waals surface area (Å²) >= 11 is 0. The Kier molecular flexibility index (Phi) is 15.7. The monoisotopic (exact) mass is 831 g/mol. The van der Waals surface area contributed by atoms with Crippen molar-refractivity contribution >= 4 is 29.7 Å². The molecule has 10 nitrogen and oxygen atoms in total. The molecule has 338 valence electrons. The van der Waals surface area contributed by atoms with Crippen LogP contribution < -0.4 is 0 Å². The second-order valence-electron chi connectivity index (χ2n) is 23.7. The molecule has 0 saturated heterocycles. The van der Waals surface area contributed by atoms with E-state index in [9.17, 15) is 24.0 Å². The predicted octanol–water partition coefficient (Wildman–Crippen LogP) is 10.5. The van der Waals surface area contributed by atoms with Gasteiger partial charge in [-0.15, -0.1) is 0 Å². The maximum atomic E-state index is 13.2. The molecule has 4 saturated carbocycles. The third-order valence-corrected chi connectivity index (χ3v) is 14.8. The van der Waals surface area contributed by atoms with Crippen molar-refractivity contribution in [3.8, 4) is 0 Å². The first-order chi connectivity index (χ1) is 27.1. The van der Waals surface area contributed by atoms with E-state index in [1.807, 2.05) is 27.7 Å². The van der Waals surface area contributed by atoms with E-state index in [1.165, 1.54) is 25.7 Å². The summed E-state index contributed by atoms with van der Waals surface area (Å²) in [6.45, 7) is 27.5. The zero-order chi connectivity index (χ0) is 44.4. The van der Waals surface area contributed by atoms with Crippen molar-refractivity contribution < 1.29 is 47.7 Å². The van der Waals surface area contributed by atoms with Gasteiger partial charge in [-0.2, -0.15) is 0 Å². The summed E-state index contributed by atoms with van der Waals surface area (Å²) in [4.78, 5) is 64.8. The van der Waals surface area contributed by atoms with Gasteiger partial charge in [0.05, 0.1) is 16.9 Å². The van der Waals surface area contributed by atoms with Crippen LogP contribution in [-0.2, 0) is 47.7 Å². The van der Waals surface area contributed by atoms with Crippen molar-refractivity contribution in [3.05, 3.63) is 0 Å². The summed E-state index contributed by atoms with van der Waals surface area (Å²) in [5, 5.41) is 0. The Morgan fingerprint density at radius 1 is 0.644 bits per heavy atom. The van der Waals surface area contributed by atoms with Gasteiger partial charge in [0.2, 0.25) is 0 Å². The smallest absolute Gasteiger partial charge is 0.311 e. The van der Waals surface area contributed by atoms with E-state index in [0.717, 1.165) is 32.1 Å². The quantitative estimate of drug-likeness (QED) is 0.0793. The maximum Gasteiger partial charge on any atom is 0.311 e. The molecule has 0 aliphatic heterocycles. The van der Waals surface area contributed by atoms with E-state index in [-0.39, 0.29) is 72.4 Å². The fourth-order valence-electron chi connectivity index (χ4n) is 12.8. The lowest BCUT2D eigenvalue weighted by Gasteiger charge is -2.61. The van der Waals surface area contributed by atoms with Crippen LogP contribution >= 0.6 is 0 Å². The second kappa shape index (κ2) is 18.9. The minimum Gasteiger partial charge on any atom is -0.461 e. The normalized spacial score (nSPS) is 30.4. The third-order valence-electron chi connectivity index (χ3n) is 14.8. The standard InChI is InChI=1S/C49H82O10/c1-31(24-41(52)59-35(26-55-42(53)46(9,10)28-44(3,4)5)27-56-43(54)47(11,12)29-45(6,7)8)23-40(51)58-30-57-34-19-21-48(13)33(25-34)15-16-36-38-18-17-37(32(2)50)49(38,14)22-20-39(36)48/h31,33-39H,15-30H2,1-14H3/t31?,33-,34-,36-,37+,38-,39-,48-,49+/m0/s1. The highest BCUT2D eigenvalue weighted by Crippen LogP contribution is 2.67. The van der Waals surface area contributed by atoms with Crippen LogP contribution in [-0.4, -0.2) is 61.9 Å². The van der Waals surface area contributed by atoms with E-state index in [0.29, 0.717) is 42.3 Å². The van der Waals surface area contributed by atoms with Gasteiger partial charge in [-0.3, -0.25) is 24.0 Å². The molecule has 9 atom stereocenters. The molecule has 0 heterocycles. The number of rotatable bonds is 17. The molecule has 10 heteroatoms. The topological polar surface area (TPSA) is 132 Å². The van der Waals surface area contributed by atoms with Gasteiger partial charge in [-0.1, -0.05) is 62.3 Å². The van der Waals surface area contributed by atoms with Crippen molar-refractivity contribution in [3.63, 3.8) is 0 Å². The van der Waals surface area contributed by atoms with Crippen LogP contribution in [0.4, 0.5) is 0 Å². The molecule has 0 radical (unpaired) electrons. The molecule has 0 bridgehead atoms. The largest absolute Gasteiger partial charge is 0.461 e. The molecule has 4 fully saturated rings. The van der Waals surface area contributed by atoms with Gasteiger partial charge >= 0.3 is 23.9 Å². The number of hydrogen-bond donors (Lipinski definition) is 0. The Hall–Kier alpha value is -2.49. The van der Waals surface area contributed by atoms with Crippen LogP contribution in [0.3, 0.4) is 0 Å². The van der Waals surface area contributed by atoms with Crippen molar-refractivity contribution in [1.29, 1.82) is 0 Å². The predicted molar refractivity (Wildman–Crippen MR) is 228 cm³/mol. The molecular weight excluding hydrogens is 749 g/mol. The molecule has 0 aromatic rings. The van der Waals surface area contributed by atoms with Gasteiger partial charge in [-0.25, -0.2) is 0 Å². The highest BCUT2D eigenvalue weighted by atomic mass is 16.7. The van der Waals surface area contributed by atoms with E-state index < -0.39 is 40.8 Å². The number of carbonyl (C=O) groups excluding carboxylic acids is 5. The SMILES string of the molecule is CC(=O)[C@H]1CC[C@H]2[C@@H]3CC[C@H]4C[C@@H](OCOC(=O)CC(C)CC(=O)OC(COC(=O)C(C)(C)CC(C)(C)C)COC(=O)C(C)(C)CC(C)(C)C)CC[C@]4(C)[C@H]3CC[C@]12C. The lowest BCUT2D eigenvalue weighted by atomic mass is 9.44. The van der Waals surface area contributed by atoms with Gasteiger partial charge in [0, 0.05) is 18.8 Å². The molecule has 1 unspecified atom stereocenters. The lowest BCUT2D eigenvalue weighted by molar-refractivity contribution is -0.176. The van der Waals surface area contributed by atoms with Crippen LogP contribution in [0.25, 0.3) is 0 Å². The van der Waals surface area contributed by atoms with Crippen molar-refractivity contribution in [2.45, 2.75) is 193 Å². The van der Waals surface area contributed by atoms with E-state index in [4.69, 9.17) is 23.7 Å². The maximum absolute atomic E-state index is 13.2. The van der Waals surface area contributed by atoms with Crippen molar-refractivity contribution in [1.82, 2.24) is 0 Å². The number of esters is 4. The number of hydrogen-bond acceptors (Lipinski definition) is 10. The molecule has 4 rings (SSSR count). The highest BCUT2D eigenvalue weighted by Gasteiger charge is 2.61. The summed E-state index contributed by atoms with van der Waals surface area (Å²) in [5.41, 5.74) is -1.32. The van der Waals surface area contributed by atoms with Crippen LogP contribution in [0.1, 0.15) is 180 Å². The first kappa shape index (κ1) is 49.2. The molecule has 0 aromatic heterocycles. The van der Waals surface area contributed by atoms with Crippen molar-refractivity contribution in [2.24, 2.45) is 68.0 Å². The number of ether oxygens (including phenoxy) is 5. The van der Waals surface area contributed by atoms with Gasteiger partial charge in [0.1, 0.15) is 19.0 Å². The van der Waals surface area contributed by atoms with E-state index in [1.54, 1.807) is 13.8 Å². The Labute approximate surface area is 357 Å². The third kappa shape index (κ3) is 12.8. The molecule has 59 heavy (non-hydrogen) atoms. The minimum atomic E-state index is -1.01. The van der Waals surface area contributed by atoms with Crippen LogP contribution in [0.15, 0.2) is 0 Å². The van der Waals surface area contributed by atoms with Gasteiger partial charge < -0.3 is 23.7 Å². The summed E-state index contributed by atoms with van der Waals surface area (Å²) in [5.74, 6) is 1.00. The number of carbonyl (C=O) groups is 5. The minimum absolute atomic E-state index is 0.00802. The fourth-order valence-corrected chi connectivity index (χ4v) is 12.8. The second-order valence-corrected chi connectivity index (χ2v) is 23.7. The lowest BCUT2D eigenvalue weighted by Crippen LogP contribution is -2.54. The number of fused-ring (bicyclic) bond motifs is 5. The van der Waals surface area contributed by atoms with Crippen LogP contribution in [0.5, 0.6) is 0 Å². The van der Waals surface area contributed by atoms with Crippen LogP contribution in [0, 0.1) is 68.0 Å². The van der Waals surface area contributed by atoms with Gasteiger partial charge in [0.25, 0.3) is 0 Å². The molecule has 0 amide bonds. The zero-order valence-electron chi connectivity index (χ0n) is 39.5. The molecular formula is C49H82O10. The fraction of sp³-hybridized carbons (Fsp3) is 0.898. The van der Waals surface area contributed by atoms with Crippen molar-refractivity contribution in [2.75, 3.05) is 20.0 Å². The molecule has 0 aromatic carbocycles. The van der Waals surface area contributed by atoms with E-state index >= 15 is 0 Å². The first-order valence-electron chi connectivity index (χ1n) is 22.9. The highest BCUT2D eigenvalue weighted by molar-refractivity contribution is 5.79. The summed E-state index contributed by atoms with van der Waals surface area (Å²) in [6, 6.07) is 0. The average molecular weight is 831 g/mol. The Bertz CT molecular complexity index is 1460. The van der Waals surface area contributed by atoms with Crippen LogP contribution in [0.2, 0.25) is 0 Å². The molecule has 0 N–H and O–H groups in total. The first-order valence-corrected chi connectivity index (χ1v) is 22.9. The molecule has 4 aliphatic carbocycles. The van der Waals surface area contributed by atoms with Gasteiger partial charge in [0.15, 0.2) is 12.9 Å². The summed E-state index contributed by atoms with van der Waals surface area (Å²) in [7, 11) is 0. The molecule has 4 aliphatic rings. The summed E-state index contributed by atoms with van der Waals surface area (Å²) in [6.07, 6.45) is 10.3. The van der Waals surface area contributed by atoms with E-state index in [2.05, 4.69) is 55.4 Å². The summed E-state index contributed by atoms with van der Waals surface area (Å²) < 4.78 is 28.7.